The summed E-state index contributed by atoms with van der Waals surface area (Å²) in [6, 6.07) is 5.90. The molecule has 1 aromatic carbocycles. The van der Waals surface area contributed by atoms with Gasteiger partial charge >= 0.3 is 0 Å². The molecule has 0 amide bonds. The zero-order valence-electron chi connectivity index (χ0n) is 7.88. The summed E-state index contributed by atoms with van der Waals surface area (Å²) in [5, 5.41) is 0. The maximum absolute atomic E-state index is 5.56. The van der Waals surface area contributed by atoms with E-state index in [4.69, 9.17) is 10.5 Å². The van der Waals surface area contributed by atoms with Gasteiger partial charge in [0.05, 0.1) is 10.6 Å². The van der Waals surface area contributed by atoms with Crippen molar-refractivity contribution in [2.75, 3.05) is 0 Å². The second kappa shape index (κ2) is 4.63. The Labute approximate surface area is 87.2 Å². The van der Waals surface area contributed by atoms with Crippen molar-refractivity contribution in [2.45, 2.75) is 26.5 Å². The van der Waals surface area contributed by atoms with Crippen molar-refractivity contribution in [3.8, 4) is 5.75 Å². The Morgan fingerprint density at radius 3 is 2.62 bits per heavy atom. The van der Waals surface area contributed by atoms with Crippen molar-refractivity contribution in [3.63, 3.8) is 0 Å². The molecular formula is C10H14BrNO. The molecule has 0 aliphatic rings. The fourth-order valence-corrected chi connectivity index (χ4v) is 1.54. The van der Waals surface area contributed by atoms with E-state index in [-0.39, 0.29) is 6.10 Å². The average Bonchev–Trinajstić information content (AvgIpc) is 2.08. The van der Waals surface area contributed by atoms with E-state index in [1.807, 2.05) is 32.0 Å². The molecule has 1 rings (SSSR count). The minimum atomic E-state index is 0.194. The van der Waals surface area contributed by atoms with Gasteiger partial charge in [0.15, 0.2) is 0 Å². The van der Waals surface area contributed by atoms with Crippen molar-refractivity contribution in [2.24, 2.45) is 5.73 Å². The smallest absolute Gasteiger partial charge is 0.133 e. The molecule has 72 valence electrons. The van der Waals surface area contributed by atoms with Crippen LogP contribution in [0.2, 0.25) is 0 Å². The lowest BCUT2D eigenvalue weighted by Gasteiger charge is -2.11. The highest BCUT2D eigenvalue weighted by atomic mass is 79.9. The molecule has 0 saturated carbocycles. The molecule has 0 aliphatic carbocycles. The van der Waals surface area contributed by atoms with Gasteiger partial charge in [-0.05, 0) is 47.5 Å². The van der Waals surface area contributed by atoms with E-state index in [9.17, 15) is 0 Å². The fraction of sp³-hybridized carbons (Fsp3) is 0.400. The molecule has 0 unspecified atom stereocenters. The van der Waals surface area contributed by atoms with Gasteiger partial charge in [0.2, 0.25) is 0 Å². The summed E-state index contributed by atoms with van der Waals surface area (Å²) in [6.45, 7) is 4.56. The minimum Gasteiger partial charge on any atom is -0.490 e. The van der Waals surface area contributed by atoms with Crippen molar-refractivity contribution in [3.05, 3.63) is 28.2 Å². The monoisotopic (exact) mass is 243 g/mol. The molecule has 0 aromatic heterocycles. The van der Waals surface area contributed by atoms with Crippen LogP contribution in [0.1, 0.15) is 19.4 Å². The van der Waals surface area contributed by atoms with Crippen molar-refractivity contribution in [1.29, 1.82) is 0 Å². The Hall–Kier alpha value is -0.540. The molecule has 0 heterocycles. The van der Waals surface area contributed by atoms with Crippen LogP contribution >= 0.6 is 15.9 Å². The van der Waals surface area contributed by atoms with Gasteiger partial charge in [-0.3, -0.25) is 0 Å². The number of hydrogen-bond donors (Lipinski definition) is 1. The number of benzene rings is 1. The number of halogens is 1. The SMILES string of the molecule is CC(C)Oc1ccc(CN)cc1Br. The highest BCUT2D eigenvalue weighted by Gasteiger charge is 2.03. The maximum Gasteiger partial charge on any atom is 0.133 e. The summed E-state index contributed by atoms with van der Waals surface area (Å²) < 4.78 is 6.52. The largest absolute Gasteiger partial charge is 0.490 e. The van der Waals surface area contributed by atoms with Crippen LogP contribution in [0.5, 0.6) is 5.75 Å². The lowest BCUT2D eigenvalue weighted by atomic mass is 10.2. The molecule has 1 aromatic rings. The number of ether oxygens (including phenoxy) is 1. The molecule has 2 N–H and O–H groups in total. The van der Waals surface area contributed by atoms with Crippen molar-refractivity contribution >= 4 is 15.9 Å². The molecule has 0 aliphatic heterocycles. The first-order valence-corrected chi connectivity index (χ1v) is 5.08. The summed E-state index contributed by atoms with van der Waals surface area (Å²) in [6.07, 6.45) is 0.194. The quantitative estimate of drug-likeness (QED) is 0.887. The van der Waals surface area contributed by atoms with Crippen LogP contribution in [0.25, 0.3) is 0 Å². The Morgan fingerprint density at radius 1 is 1.46 bits per heavy atom. The van der Waals surface area contributed by atoms with E-state index in [1.165, 1.54) is 0 Å². The number of rotatable bonds is 3. The van der Waals surface area contributed by atoms with Gasteiger partial charge in [-0.2, -0.15) is 0 Å². The Kier molecular flexibility index (Phi) is 3.75. The van der Waals surface area contributed by atoms with E-state index in [1.54, 1.807) is 0 Å². The topological polar surface area (TPSA) is 35.2 Å². The molecule has 2 nitrogen and oxygen atoms in total. The first kappa shape index (κ1) is 10.5. The highest BCUT2D eigenvalue weighted by Crippen LogP contribution is 2.26. The van der Waals surface area contributed by atoms with Crippen LogP contribution in [0.3, 0.4) is 0 Å². The third kappa shape index (κ3) is 3.01. The minimum absolute atomic E-state index is 0.194. The van der Waals surface area contributed by atoms with E-state index >= 15 is 0 Å². The van der Waals surface area contributed by atoms with Crippen LogP contribution in [0.15, 0.2) is 22.7 Å². The van der Waals surface area contributed by atoms with Gasteiger partial charge in [0.1, 0.15) is 5.75 Å². The van der Waals surface area contributed by atoms with Gasteiger partial charge in [0.25, 0.3) is 0 Å². The highest BCUT2D eigenvalue weighted by molar-refractivity contribution is 9.10. The summed E-state index contributed by atoms with van der Waals surface area (Å²) in [7, 11) is 0. The molecule has 0 fully saturated rings. The summed E-state index contributed by atoms with van der Waals surface area (Å²) in [5.41, 5.74) is 6.61. The van der Waals surface area contributed by atoms with Crippen LogP contribution in [-0.4, -0.2) is 6.10 Å². The van der Waals surface area contributed by atoms with Crippen LogP contribution < -0.4 is 10.5 Å². The lowest BCUT2D eigenvalue weighted by Crippen LogP contribution is -2.06. The molecule has 0 bridgehead atoms. The third-order valence-corrected chi connectivity index (χ3v) is 2.21. The summed E-state index contributed by atoms with van der Waals surface area (Å²) >= 11 is 3.44. The van der Waals surface area contributed by atoms with E-state index < -0.39 is 0 Å². The number of nitrogens with two attached hydrogens (primary N) is 1. The van der Waals surface area contributed by atoms with Crippen molar-refractivity contribution in [1.82, 2.24) is 0 Å². The summed E-state index contributed by atoms with van der Waals surface area (Å²) in [4.78, 5) is 0. The maximum atomic E-state index is 5.56. The zero-order valence-corrected chi connectivity index (χ0v) is 9.47. The van der Waals surface area contributed by atoms with Crippen LogP contribution in [0.4, 0.5) is 0 Å². The second-order valence-electron chi connectivity index (χ2n) is 3.14. The van der Waals surface area contributed by atoms with Crippen LogP contribution in [-0.2, 0) is 6.54 Å². The Morgan fingerprint density at radius 2 is 2.15 bits per heavy atom. The van der Waals surface area contributed by atoms with Gasteiger partial charge in [-0.25, -0.2) is 0 Å². The Bertz CT molecular complexity index is 286. The first-order valence-electron chi connectivity index (χ1n) is 4.28. The molecular weight excluding hydrogens is 230 g/mol. The van der Waals surface area contributed by atoms with Gasteiger partial charge in [0, 0.05) is 6.54 Å². The molecule has 0 radical (unpaired) electrons. The average molecular weight is 244 g/mol. The zero-order chi connectivity index (χ0) is 9.84. The standard InChI is InChI=1S/C10H14BrNO/c1-7(2)13-10-4-3-8(6-12)5-9(10)11/h3-5,7H,6,12H2,1-2H3. The van der Waals surface area contributed by atoms with E-state index in [0.29, 0.717) is 6.54 Å². The molecule has 13 heavy (non-hydrogen) atoms. The Balaban J connectivity index is 2.85. The summed E-state index contributed by atoms with van der Waals surface area (Å²) in [5.74, 6) is 0.868. The van der Waals surface area contributed by atoms with Gasteiger partial charge in [-0.1, -0.05) is 6.07 Å². The van der Waals surface area contributed by atoms with Crippen molar-refractivity contribution < 1.29 is 4.74 Å². The first-order chi connectivity index (χ1) is 6.13. The lowest BCUT2D eigenvalue weighted by molar-refractivity contribution is 0.241. The number of hydrogen-bond acceptors (Lipinski definition) is 2. The second-order valence-corrected chi connectivity index (χ2v) is 3.99. The van der Waals surface area contributed by atoms with E-state index in [2.05, 4.69) is 15.9 Å². The van der Waals surface area contributed by atoms with Gasteiger partial charge in [-0.15, -0.1) is 0 Å². The third-order valence-electron chi connectivity index (χ3n) is 1.59. The molecule has 3 heteroatoms. The normalized spacial score (nSPS) is 10.5. The molecule has 0 saturated heterocycles. The molecule has 0 atom stereocenters. The predicted molar refractivity (Wildman–Crippen MR) is 57.8 cm³/mol. The fourth-order valence-electron chi connectivity index (χ4n) is 1.02. The molecule has 0 spiro atoms. The van der Waals surface area contributed by atoms with Gasteiger partial charge < -0.3 is 10.5 Å². The predicted octanol–water partition coefficient (Wildman–Crippen LogP) is 2.70. The van der Waals surface area contributed by atoms with E-state index in [0.717, 1.165) is 15.8 Å². The van der Waals surface area contributed by atoms with Crippen LogP contribution in [0, 0.1) is 0 Å².